The first-order valence-corrected chi connectivity index (χ1v) is 19.3. The van der Waals surface area contributed by atoms with Crippen molar-refractivity contribution in [3.8, 4) is 0 Å². The summed E-state index contributed by atoms with van der Waals surface area (Å²) in [7, 11) is 0. The fraction of sp³-hybridized carbons (Fsp3) is 0.550. The van der Waals surface area contributed by atoms with Crippen LogP contribution >= 0.6 is 12.2 Å². The summed E-state index contributed by atoms with van der Waals surface area (Å²) >= 11 is 5.87. The SMILES string of the molecule is CCC(C)[C@H](NC(=O)Cc1ccccc1F)C(=O)N[C@]1(C(=O)N[C@H](C(=S)NC2CCC(O)CC2)C(C)CC)CCc2[nH]c3c(C(F)(F)F)cccc3c2C1. The van der Waals surface area contributed by atoms with Crippen molar-refractivity contribution in [2.45, 2.75) is 128 Å². The molecule has 1 heterocycles. The van der Waals surface area contributed by atoms with Gasteiger partial charge in [0.1, 0.15) is 17.4 Å². The number of halogens is 4. The van der Waals surface area contributed by atoms with Gasteiger partial charge in [0, 0.05) is 23.5 Å². The Bertz CT molecular complexity index is 1840. The number of aliphatic hydroxyl groups excluding tert-OH is 1. The first-order chi connectivity index (χ1) is 25.6. The number of carbonyl (C=O) groups is 3. The van der Waals surface area contributed by atoms with E-state index >= 15 is 0 Å². The zero-order chi connectivity index (χ0) is 39.4. The Kier molecular flexibility index (Phi) is 13.1. The Morgan fingerprint density at radius 3 is 2.28 bits per heavy atom. The van der Waals surface area contributed by atoms with E-state index in [4.69, 9.17) is 12.2 Å². The number of aromatic amines is 1. The van der Waals surface area contributed by atoms with Gasteiger partial charge in [-0.25, -0.2) is 4.39 Å². The van der Waals surface area contributed by atoms with Gasteiger partial charge in [-0.1, -0.05) is 83.1 Å². The van der Waals surface area contributed by atoms with Crippen LogP contribution in [0.2, 0.25) is 0 Å². The number of H-pyrrole nitrogens is 1. The number of fused-ring (bicyclic) bond motifs is 3. The normalized spacial score (nSPS) is 22.3. The summed E-state index contributed by atoms with van der Waals surface area (Å²) in [5.41, 5.74) is -1.35. The van der Waals surface area contributed by atoms with Crippen LogP contribution in [-0.2, 0) is 39.8 Å². The molecule has 54 heavy (non-hydrogen) atoms. The van der Waals surface area contributed by atoms with Crippen molar-refractivity contribution in [2.24, 2.45) is 11.8 Å². The number of nitrogens with one attached hydrogen (secondary N) is 5. The summed E-state index contributed by atoms with van der Waals surface area (Å²) in [6.45, 7) is 7.56. The van der Waals surface area contributed by atoms with Crippen molar-refractivity contribution in [2.75, 3.05) is 0 Å². The third kappa shape index (κ3) is 9.24. The molecule has 3 amide bonds. The third-order valence-corrected chi connectivity index (χ3v) is 11.7. The Morgan fingerprint density at radius 1 is 0.963 bits per heavy atom. The molecule has 5 rings (SSSR count). The van der Waals surface area contributed by atoms with Gasteiger partial charge in [-0.05, 0) is 73.6 Å². The van der Waals surface area contributed by atoms with E-state index in [9.17, 15) is 37.1 Å². The molecular formula is C40H51F4N5O4S. The van der Waals surface area contributed by atoms with Crippen molar-refractivity contribution in [3.63, 3.8) is 0 Å². The average Bonchev–Trinajstić information content (AvgIpc) is 3.51. The molecule has 0 aliphatic heterocycles. The van der Waals surface area contributed by atoms with Crippen LogP contribution in [-0.4, -0.2) is 62.6 Å². The highest BCUT2D eigenvalue weighted by Gasteiger charge is 2.47. The molecule has 6 N–H and O–H groups in total. The minimum atomic E-state index is -4.62. The molecular weight excluding hydrogens is 723 g/mol. The molecule has 0 radical (unpaired) electrons. The molecule has 2 aliphatic carbocycles. The molecule has 0 bridgehead atoms. The van der Waals surface area contributed by atoms with Gasteiger partial charge in [0.2, 0.25) is 17.7 Å². The summed E-state index contributed by atoms with van der Waals surface area (Å²) < 4.78 is 56.7. The van der Waals surface area contributed by atoms with Crippen LogP contribution in [0.25, 0.3) is 10.9 Å². The van der Waals surface area contributed by atoms with Crippen LogP contribution in [0.4, 0.5) is 17.6 Å². The van der Waals surface area contributed by atoms with Gasteiger partial charge in [-0.3, -0.25) is 14.4 Å². The molecule has 294 valence electrons. The Balaban J connectivity index is 1.49. The number of rotatable bonds is 13. The lowest BCUT2D eigenvalue weighted by Crippen LogP contribution is -2.67. The topological polar surface area (TPSA) is 135 Å². The molecule has 0 saturated heterocycles. The molecule has 0 spiro atoms. The minimum Gasteiger partial charge on any atom is -0.393 e. The van der Waals surface area contributed by atoms with Crippen LogP contribution in [0, 0.1) is 17.7 Å². The number of benzene rings is 2. The van der Waals surface area contributed by atoms with Gasteiger partial charge in [-0.15, -0.1) is 0 Å². The van der Waals surface area contributed by atoms with Gasteiger partial charge in [0.15, 0.2) is 0 Å². The van der Waals surface area contributed by atoms with E-state index in [2.05, 4.69) is 26.3 Å². The van der Waals surface area contributed by atoms with Gasteiger partial charge in [0.05, 0.1) is 34.6 Å². The van der Waals surface area contributed by atoms with Crippen LogP contribution in [0.15, 0.2) is 42.5 Å². The molecule has 2 aromatic carbocycles. The molecule has 5 atom stereocenters. The van der Waals surface area contributed by atoms with Crippen LogP contribution < -0.4 is 21.3 Å². The predicted molar refractivity (Wildman–Crippen MR) is 203 cm³/mol. The second-order valence-electron chi connectivity index (χ2n) is 15.1. The van der Waals surface area contributed by atoms with E-state index < -0.39 is 58.8 Å². The van der Waals surface area contributed by atoms with Crippen molar-refractivity contribution >= 4 is 45.8 Å². The number of aryl methyl sites for hydroxylation is 1. The summed E-state index contributed by atoms with van der Waals surface area (Å²) in [5.74, 6) is -2.83. The van der Waals surface area contributed by atoms with E-state index in [-0.39, 0.29) is 54.8 Å². The van der Waals surface area contributed by atoms with Gasteiger partial charge < -0.3 is 31.4 Å². The number of aliphatic hydroxyl groups is 1. The van der Waals surface area contributed by atoms with E-state index in [1.54, 1.807) is 19.1 Å². The maximum atomic E-state index is 14.8. The number of aromatic nitrogens is 1. The highest BCUT2D eigenvalue weighted by Crippen LogP contribution is 2.40. The largest absolute Gasteiger partial charge is 0.418 e. The molecule has 1 fully saturated rings. The number of alkyl halides is 3. The highest BCUT2D eigenvalue weighted by atomic mass is 32.1. The monoisotopic (exact) mass is 773 g/mol. The summed E-state index contributed by atoms with van der Waals surface area (Å²) in [5, 5.41) is 22.6. The highest BCUT2D eigenvalue weighted by molar-refractivity contribution is 7.80. The van der Waals surface area contributed by atoms with Crippen molar-refractivity contribution in [3.05, 3.63) is 70.7 Å². The molecule has 2 aliphatic rings. The van der Waals surface area contributed by atoms with Gasteiger partial charge in [0.25, 0.3) is 0 Å². The third-order valence-electron chi connectivity index (χ3n) is 11.4. The van der Waals surface area contributed by atoms with E-state index in [0.717, 1.165) is 6.07 Å². The maximum Gasteiger partial charge on any atom is 0.418 e. The van der Waals surface area contributed by atoms with Gasteiger partial charge in [-0.2, -0.15) is 13.2 Å². The summed E-state index contributed by atoms with van der Waals surface area (Å²) in [4.78, 5) is 45.8. The molecule has 14 heteroatoms. The second-order valence-corrected chi connectivity index (χ2v) is 15.5. The first-order valence-electron chi connectivity index (χ1n) is 18.9. The average molecular weight is 774 g/mol. The molecule has 9 nitrogen and oxygen atoms in total. The van der Waals surface area contributed by atoms with Crippen molar-refractivity contribution in [1.82, 2.24) is 26.3 Å². The van der Waals surface area contributed by atoms with Crippen LogP contribution in [0.3, 0.4) is 0 Å². The van der Waals surface area contributed by atoms with Gasteiger partial charge >= 0.3 is 6.18 Å². The Labute approximate surface area is 318 Å². The molecule has 2 unspecified atom stereocenters. The second kappa shape index (κ2) is 17.2. The number of carbonyl (C=O) groups excluding carboxylic acids is 3. The standard InChI is InChI=1S/C40H51F4N5O4S/c1-5-22(3)33(47-32(51)20-24-10-7-8-13-30(24)41)36(52)49-39(19-18-31-28(21-39)27-11-9-12-29(35(27)46-31)40(42,43)44)38(53)48-34(23(4)6-2)37(54)45-25-14-16-26(50)17-15-25/h7-13,22-23,25-26,33-34,46,50H,5-6,14-21H2,1-4H3,(H,45,54)(H,47,51)(H,48,53)(H,49,52)/t22?,23?,25?,26?,33-,34-,39+/m0/s1. The van der Waals surface area contributed by atoms with E-state index in [0.29, 0.717) is 60.2 Å². The maximum absolute atomic E-state index is 14.8. The molecule has 1 saturated carbocycles. The molecule has 3 aromatic rings. The predicted octanol–water partition coefficient (Wildman–Crippen LogP) is 6.19. The lowest BCUT2D eigenvalue weighted by Gasteiger charge is -2.40. The zero-order valence-corrected chi connectivity index (χ0v) is 32.0. The minimum absolute atomic E-state index is 0.0218. The number of para-hydroxylation sites is 1. The summed E-state index contributed by atoms with van der Waals surface area (Å²) in [6, 6.07) is 8.05. The summed E-state index contributed by atoms with van der Waals surface area (Å²) in [6.07, 6.45) is -1.36. The smallest absolute Gasteiger partial charge is 0.393 e. The zero-order valence-electron chi connectivity index (χ0n) is 31.2. The number of hydrogen-bond donors (Lipinski definition) is 6. The van der Waals surface area contributed by atoms with E-state index in [1.165, 1.54) is 24.3 Å². The molecule has 1 aromatic heterocycles. The Morgan fingerprint density at radius 2 is 1.63 bits per heavy atom. The number of hydrogen-bond acceptors (Lipinski definition) is 5. The first kappa shape index (κ1) is 41.1. The lowest BCUT2D eigenvalue weighted by atomic mass is 9.78. The quantitative estimate of drug-likeness (QED) is 0.0906. The lowest BCUT2D eigenvalue weighted by molar-refractivity contribution is -0.137. The Hall–Kier alpha value is -4.04. The van der Waals surface area contributed by atoms with Crippen LogP contribution in [0.5, 0.6) is 0 Å². The van der Waals surface area contributed by atoms with Crippen molar-refractivity contribution < 1.29 is 37.1 Å². The van der Waals surface area contributed by atoms with E-state index in [1.807, 2.05) is 20.8 Å². The van der Waals surface area contributed by atoms with Crippen molar-refractivity contribution in [1.29, 1.82) is 0 Å². The number of thiocarbonyl (C=S) groups is 1. The van der Waals surface area contributed by atoms with Crippen LogP contribution in [0.1, 0.15) is 95.0 Å². The number of amides is 3. The fourth-order valence-corrected chi connectivity index (χ4v) is 8.07. The fourth-order valence-electron chi connectivity index (χ4n) is 7.61.